The summed E-state index contributed by atoms with van der Waals surface area (Å²) in [5.41, 5.74) is 3.11. The van der Waals surface area contributed by atoms with Crippen LogP contribution in [0.25, 0.3) is 0 Å². The molecular weight excluding hydrogens is 360 g/mol. The first-order valence-corrected chi connectivity index (χ1v) is 12.2. The van der Waals surface area contributed by atoms with Gasteiger partial charge in [-0.2, -0.15) is 0 Å². The summed E-state index contributed by atoms with van der Waals surface area (Å²) < 4.78 is 6.23. The zero-order chi connectivity index (χ0) is 19.5. The Morgan fingerprint density at radius 1 is 1.14 bits per heavy atom. The highest BCUT2D eigenvalue weighted by Crippen LogP contribution is 2.79. The van der Waals surface area contributed by atoms with E-state index in [9.17, 15) is 9.59 Å². The van der Waals surface area contributed by atoms with Gasteiger partial charge in [0.1, 0.15) is 11.4 Å². The fraction of sp³-hybridized carbons (Fsp3) is 0.769. The predicted octanol–water partition coefficient (Wildman–Crippen LogP) is 5.01. The van der Waals surface area contributed by atoms with Gasteiger partial charge in [-0.15, -0.1) is 0 Å². The van der Waals surface area contributed by atoms with E-state index in [1.54, 1.807) is 17.2 Å². The molecule has 154 valence electrons. The molecule has 4 fully saturated rings. The fourth-order valence-electron chi connectivity index (χ4n) is 9.54. The molecule has 3 heteroatoms. The van der Waals surface area contributed by atoms with E-state index in [1.807, 2.05) is 0 Å². The Hall–Kier alpha value is -1.38. The molecule has 0 amide bonds. The highest BCUT2D eigenvalue weighted by Gasteiger charge is 2.79. The molecule has 0 bridgehead atoms. The molecule has 0 unspecified atom stereocenters. The number of carbonyl (C=O) groups is 2. The van der Waals surface area contributed by atoms with E-state index < -0.39 is 0 Å². The van der Waals surface area contributed by atoms with Crippen LogP contribution >= 0.6 is 0 Å². The Bertz CT molecular complexity index is 878. The number of hydrogen-bond donors (Lipinski definition) is 0. The maximum Gasteiger partial charge on any atom is 0.331 e. The van der Waals surface area contributed by atoms with Crippen molar-refractivity contribution >= 4 is 11.8 Å². The Balaban J connectivity index is 1.35. The molecule has 7 rings (SSSR count). The normalized spacial score (nSPS) is 52.2. The van der Waals surface area contributed by atoms with Gasteiger partial charge in [0.25, 0.3) is 0 Å². The first-order valence-electron chi connectivity index (χ1n) is 12.2. The number of Topliss-reactive ketones (excluding diaryl/α,β-unsaturated/α-hetero) is 1. The second-order valence-electron chi connectivity index (χ2n) is 11.4. The first-order chi connectivity index (χ1) is 14.1. The van der Waals surface area contributed by atoms with Crippen LogP contribution in [0, 0.1) is 46.8 Å². The molecule has 29 heavy (non-hydrogen) atoms. The van der Waals surface area contributed by atoms with E-state index in [2.05, 4.69) is 13.0 Å². The summed E-state index contributed by atoms with van der Waals surface area (Å²) in [5, 5.41) is 0. The molecule has 1 aliphatic heterocycles. The van der Waals surface area contributed by atoms with Crippen molar-refractivity contribution in [2.24, 2.45) is 46.8 Å². The van der Waals surface area contributed by atoms with Gasteiger partial charge in [-0.3, -0.25) is 4.79 Å². The van der Waals surface area contributed by atoms with E-state index in [4.69, 9.17) is 4.74 Å². The molecule has 0 aromatic carbocycles. The standard InChI is InChI=1S/C26H32O3/c1-2-25-9-7-18-17-6-5-16(27)11-15(17)12-19(14-3-4-14)23(18)24(25)20-13-21(20)26(25)10-8-22(28)29-26/h8,10,14,18-21,23-24H,2-7,9,11-13H2,1H3/t18-,19-,20-,21+,23+,24+,25+,26+/m1/s1. The number of hydrogen-bond acceptors (Lipinski definition) is 3. The van der Waals surface area contributed by atoms with Crippen LogP contribution in [-0.2, 0) is 14.3 Å². The summed E-state index contributed by atoms with van der Waals surface area (Å²) in [6.45, 7) is 2.36. The Kier molecular flexibility index (Phi) is 3.25. The van der Waals surface area contributed by atoms with Crippen LogP contribution in [0.4, 0.5) is 0 Å². The van der Waals surface area contributed by atoms with Crippen LogP contribution < -0.4 is 0 Å². The Labute approximate surface area is 173 Å². The summed E-state index contributed by atoms with van der Waals surface area (Å²) in [6.07, 6.45) is 15.3. The van der Waals surface area contributed by atoms with Crippen molar-refractivity contribution in [3.8, 4) is 0 Å². The minimum absolute atomic E-state index is 0.107. The van der Waals surface area contributed by atoms with Crippen molar-refractivity contribution in [1.82, 2.24) is 0 Å². The minimum Gasteiger partial charge on any atom is -0.451 e. The van der Waals surface area contributed by atoms with E-state index in [1.165, 1.54) is 38.5 Å². The van der Waals surface area contributed by atoms with Crippen molar-refractivity contribution in [3.63, 3.8) is 0 Å². The quantitative estimate of drug-likeness (QED) is 0.490. The van der Waals surface area contributed by atoms with Crippen LogP contribution in [0.1, 0.15) is 71.1 Å². The lowest BCUT2D eigenvalue weighted by Crippen LogP contribution is -2.57. The number of ketones is 1. The van der Waals surface area contributed by atoms with Gasteiger partial charge in [0.2, 0.25) is 0 Å². The molecule has 1 heterocycles. The Morgan fingerprint density at radius 3 is 2.72 bits per heavy atom. The fourth-order valence-corrected chi connectivity index (χ4v) is 9.54. The van der Waals surface area contributed by atoms with Crippen LogP contribution in [0.5, 0.6) is 0 Å². The maximum absolute atomic E-state index is 12.2. The average Bonchev–Trinajstić information content (AvgIpc) is 3.64. The summed E-state index contributed by atoms with van der Waals surface area (Å²) in [5.74, 6) is 5.54. The maximum atomic E-state index is 12.2. The monoisotopic (exact) mass is 392 g/mol. The molecule has 0 aromatic rings. The zero-order valence-electron chi connectivity index (χ0n) is 17.5. The topological polar surface area (TPSA) is 43.4 Å². The molecule has 3 nitrogen and oxygen atoms in total. The largest absolute Gasteiger partial charge is 0.451 e. The summed E-state index contributed by atoms with van der Waals surface area (Å²) in [4.78, 5) is 24.5. The SMILES string of the molecule is CC[C@]12CC[C@@H]3C4=C(CC(=O)CC4)C[C@H](C4CC4)[C@H]3[C@@H]1[C@@H]1C[C@@H]1[C@@]21C=CC(=O)O1. The lowest BCUT2D eigenvalue weighted by molar-refractivity contribution is -0.171. The number of fused-ring (bicyclic) bond motifs is 8. The summed E-state index contributed by atoms with van der Waals surface area (Å²) in [7, 11) is 0. The van der Waals surface area contributed by atoms with Crippen molar-refractivity contribution in [1.29, 1.82) is 0 Å². The van der Waals surface area contributed by atoms with Crippen molar-refractivity contribution < 1.29 is 14.3 Å². The van der Waals surface area contributed by atoms with Crippen LogP contribution in [0.15, 0.2) is 23.3 Å². The molecule has 7 aliphatic rings. The zero-order valence-corrected chi connectivity index (χ0v) is 17.5. The minimum atomic E-state index is -0.301. The van der Waals surface area contributed by atoms with E-state index >= 15 is 0 Å². The Morgan fingerprint density at radius 2 is 2.00 bits per heavy atom. The molecule has 0 radical (unpaired) electrons. The van der Waals surface area contributed by atoms with E-state index in [-0.39, 0.29) is 17.0 Å². The number of allylic oxidation sites excluding steroid dienone is 2. The lowest BCUT2D eigenvalue weighted by atomic mass is 9.47. The molecular formula is C26H32O3. The molecule has 1 spiro atoms. The van der Waals surface area contributed by atoms with Gasteiger partial charge in [0.15, 0.2) is 0 Å². The van der Waals surface area contributed by atoms with Crippen molar-refractivity contribution in [2.45, 2.75) is 76.7 Å². The van der Waals surface area contributed by atoms with E-state index in [0.29, 0.717) is 23.5 Å². The molecule has 6 aliphatic carbocycles. The molecule has 0 saturated heterocycles. The van der Waals surface area contributed by atoms with Crippen molar-refractivity contribution in [3.05, 3.63) is 23.3 Å². The average molecular weight is 393 g/mol. The lowest BCUT2D eigenvalue weighted by Gasteiger charge is -2.58. The summed E-state index contributed by atoms with van der Waals surface area (Å²) in [6, 6.07) is 0. The smallest absolute Gasteiger partial charge is 0.331 e. The van der Waals surface area contributed by atoms with Crippen LogP contribution in [0.2, 0.25) is 0 Å². The molecule has 8 atom stereocenters. The van der Waals surface area contributed by atoms with Gasteiger partial charge in [-0.25, -0.2) is 4.79 Å². The second-order valence-corrected chi connectivity index (χ2v) is 11.4. The van der Waals surface area contributed by atoms with Gasteiger partial charge >= 0.3 is 5.97 Å². The van der Waals surface area contributed by atoms with Gasteiger partial charge < -0.3 is 4.74 Å². The number of esters is 1. The van der Waals surface area contributed by atoms with Crippen molar-refractivity contribution in [2.75, 3.05) is 0 Å². The predicted molar refractivity (Wildman–Crippen MR) is 109 cm³/mol. The van der Waals surface area contributed by atoms with Gasteiger partial charge in [-0.1, -0.05) is 18.1 Å². The number of rotatable bonds is 2. The van der Waals surface area contributed by atoms with Gasteiger partial charge in [0, 0.05) is 30.3 Å². The molecule has 0 N–H and O–H groups in total. The highest BCUT2D eigenvalue weighted by atomic mass is 16.6. The van der Waals surface area contributed by atoms with E-state index in [0.717, 1.165) is 49.4 Å². The molecule has 4 saturated carbocycles. The van der Waals surface area contributed by atoms with Crippen LogP contribution in [0.3, 0.4) is 0 Å². The highest BCUT2D eigenvalue weighted by molar-refractivity contribution is 5.86. The third kappa shape index (κ3) is 2.01. The third-order valence-corrected chi connectivity index (χ3v) is 10.6. The third-order valence-electron chi connectivity index (χ3n) is 10.6. The van der Waals surface area contributed by atoms with Gasteiger partial charge in [-0.05, 0) is 93.0 Å². The molecule has 0 aromatic heterocycles. The first kappa shape index (κ1) is 17.3. The van der Waals surface area contributed by atoms with Crippen LogP contribution in [-0.4, -0.2) is 17.4 Å². The van der Waals surface area contributed by atoms with Gasteiger partial charge in [0.05, 0.1) is 0 Å². The summed E-state index contributed by atoms with van der Waals surface area (Å²) >= 11 is 0. The number of ether oxygens (including phenoxy) is 1. The second kappa shape index (κ2) is 5.45. The number of carbonyl (C=O) groups excluding carboxylic acids is 2.